The Morgan fingerprint density at radius 3 is 2.62 bits per heavy atom. The van der Waals surface area contributed by atoms with Gasteiger partial charge in [0.05, 0.1) is 0 Å². The number of nitrogens with one attached hydrogen (secondary N) is 1. The van der Waals surface area contributed by atoms with Crippen LogP contribution in [0.5, 0.6) is 0 Å². The highest BCUT2D eigenvalue weighted by Crippen LogP contribution is 2.11. The van der Waals surface area contributed by atoms with Crippen LogP contribution >= 0.6 is 15.9 Å². The summed E-state index contributed by atoms with van der Waals surface area (Å²) in [6, 6.07) is 1.59. The molecule has 2 N–H and O–H groups in total. The summed E-state index contributed by atoms with van der Waals surface area (Å²) >= 11 is 3.11. The Hall–Kier alpha value is -0.990. The van der Waals surface area contributed by atoms with Crippen molar-refractivity contribution in [1.82, 2.24) is 9.71 Å². The average Bonchev–Trinajstić information content (AvgIpc) is 2.17. The highest BCUT2D eigenvalue weighted by atomic mass is 79.9. The molecule has 16 heavy (non-hydrogen) atoms. The Bertz CT molecular complexity index is 485. The van der Waals surface area contributed by atoms with Crippen LogP contribution in [0.4, 0.5) is 0 Å². The molecule has 0 saturated heterocycles. The first-order chi connectivity index (χ1) is 7.33. The van der Waals surface area contributed by atoms with Gasteiger partial charge in [0.15, 0.2) is 5.03 Å². The van der Waals surface area contributed by atoms with Gasteiger partial charge >= 0.3 is 5.97 Å². The maximum atomic E-state index is 11.6. The molecular weight excluding hydrogens is 300 g/mol. The molecule has 0 fully saturated rings. The number of carboxylic acids is 1. The topological polar surface area (TPSA) is 96.4 Å². The van der Waals surface area contributed by atoms with Crippen molar-refractivity contribution >= 4 is 31.9 Å². The van der Waals surface area contributed by atoms with E-state index in [9.17, 15) is 13.2 Å². The van der Waals surface area contributed by atoms with Crippen LogP contribution in [0, 0.1) is 0 Å². The van der Waals surface area contributed by atoms with Crippen LogP contribution in [0.2, 0.25) is 0 Å². The van der Waals surface area contributed by atoms with Crippen LogP contribution in [-0.4, -0.2) is 30.5 Å². The summed E-state index contributed by atoms with van der Waals surface area (Å²) in [6.45, 7) is 1.23. The largest absolute Gasteiger partial charge is 0.480 e. The number of carboxylic acid groups (broad SMARTS) is 1. The molecule has 1 rings (SSSR count). The van der Waals surface area contributed by atoms with Crippen LogP contribution in [0.3, 0.4) is 0 Å². The van der Waals surface area contributed by atoms with E-state index in [4.69, 9.17) is 5.11 Å². The lowest BCUT2D eigenvalue weighted by Gasteiger charge is -2.09. The number of aliphatic carboxylic acids is 1. The fraction of sp³-hybridized carbons (Fsp3) is 0.250. The third-order valence-electron chi connectivity index (χ3n) is 1.68. The Kier molecular flexibility index (Phi) is 4.00. The van der Waals surface area contributed by atoms with Crippen molar-refractivity contribution in [3.63, 3.8) is 0 Å². The summed E-state index contributed by atoms with van der Waals surface area (Å²) in [5.41, 5.74) is 0. The Morgan fingerprint density at radius 1 is 1.56 bits per heavy atom. The van der Waals surface area contributed by atoms with Crippen molar-refractivity contribution in [2.24, 2.45) is 0 Å². The molecule has 0 unspecified atom stereocenters. The Labute approximate surface area is 101 Å². The van der Waals surface area contributed by atoms with Gasteiger partial charge in [-0.3, -0.25) is 4.79 Å². The van der Waals surface area contributed by atoms with Gasteiger partial charge < -0.3 is 5.11 Å². The summed E-state index contributed by atoms with van der Waals surface area (Å²) in [7, 11) is -3.88. The number of rotatable bonds is 4. The van der Waals surface area contributed by atoms with Crippen molar-refractivity contribution in [2.75, 3.05) is 0 Å². The highest BCUT2D eigenvalue weighted by molar-refractivity contribution is 9.10. The monoisotopic (exact) mass is 308 g/mol. The maximum Gasteiger partial charge on any atom is 0.321 e. The minimum atomic E-state index is -3.88. The predicted molar refractivity (Wildman–Crippen MR) is 59.4 cm³/mol. The number of hydrogen-bond acceptors (Lipinski definition) is 4. The Morgan fingerprint density at radius 2 is 2.19 bits per heavy atom. The van der Waals surface area contributed by atoms with Crippen LogP contribution in [0.25, 0.3) is 0 Å². The first-order valence-corrected chi connectivity index (χ1v) is 6.47. The molecule has 0 saturated carbocycles. The smallest absolute Gasteiger partial charge is 0.321 e. The summed E-state index contributed by atoms with van der Waals surface area (Å²) in [6.07, 6.45) is 1.32. The summed E-state index contributed by atoms with van der Waals surface area (Å²) in [5.74, 6) is -1.25. The van der Waals surface area contributed by atoms with Crippen LogP contribution in [0.1, 0.15) is 6.92 Å². The lowest BCUT2D eigenvalue weighted by molar-refractivity contribution is -0.138. The Balaban J connectivity index is 2.94. The van der Waals surface area contributed by atoms with E-state index in [1.165, 1.54) is 25.3 Å². The third kappa shape index (κ3) is 3.26. The molecule has 0 bridgehead atoms. The second kappa shape index (κ2) is 4.89. The number of pyridine rings is 1. The molecule has 88 valence electrons. The fourth-order valence-electron chi connectivity index (χ4n) is 0.865. The number of halogens is 1. The van der Waals surface area contributed by atoms with E-state index in [-0.39, 0.29) is 5.03 Å². The molecule has 0 aliphatic carbocycles. The molecular formula is C8H9BrN2O4S. The van der Waals surface area contributed by atoms with Gasteiger partial charge in [-0.05, 0) is 35.0 Å². The van der Waals surface area contributed by atoms with E-state index < -0.39 is 22.0 Å². The van der Waals surface area contributed by atoms with Crippen molar-refractivity contribution in [2.45, 2.75) is 18.0 Å². The minimum absolute atomic E-state index is 0.219. The van der Waals surface area contributed by atoms with Gasteiger partial charge in [-0.2, -0.15) is 4.72 Å². The summed E-state index contributed by atoms with van der Waals surface area (Å²) < 4.78 is 25.8. The predicted octanol–water partition coefficient (Wildman–Crippen LogP) is 0.596. The van der Waals surface area contributed by atoms with E-state index in [1.54, 1.807) is 0 Å². The number of hydrogen-bond donors (Lipinski definition) is 2. The number of sulfonamides is 1. The lowest BCUT2D eigenvalue weighted by atomic mass is 10.4. The first kappa shape index (κ1) is 13.1. The number of carbonyl (C=O) groups is 1. The second-order valence-electron chi connectivity index (χ2n) is 3.00. The molecule has 1 aromatic heterocycles. The molecule has 1 heterocycles. The second-order valence-corrected chi connectivity index (χ2v) is 5.57. The van der Waals surface area contributed by atoms with Gasteiger partial charge in [0.1, 0.15) is 6.04 Å². The number of aromatic nitrogens is 1. The van der Waals surface area contributed by atoms with Gasteiger partial charge in [-0.1, -0.05) is 0 Å². The molecule has 1 atom stereocenters. The molecule has 0 spiro atoms. The summed E-state index contributed by atoms with van der Waals surface area (Å²) in [4.78, 5) is 14.2. The van der Waals surface area contributed by atoms with E-state index in [0.29, 0.717) is 4.47 Å². The SMILES string of the molecule is C[C@H](NS(=O)(=O)c1ccc(Br)cn1)C(=O)O. The quantitative estimate of drug-likeness (QED) is 0.849. The van der Waals surface area contributed by atoms with E-state index in [0.717, 1.165) is 0 Å². The standard InChI is InChI=1S/C8H9BrN2O4S/c1-5(8(12)13)11-16(14,15)7-3-2-6(9)4-10-7/h2-5,11H,1H3,(H,12,13)/t5-/m0/s1. The zero-order valence-corrected chi connectivity index (χ0v) is 10.6. The van der Waals surface area contributed by atoms with Crippen molar-refractivity contribution in [3.8, 4) is 0 Å². The molecule has 6 nitrogen and oxygen atoms in total. The minimum Gasteiger partial charge on any atom is -0.480 e. The molecule has 0 aliphatic heterocycles. The normalized spacial score (nSPS) is 13.4. The highest BCUT2D eigenvalue weighted by Gasteiger charge is 2.22. The van der Waals surface area contributed by atoms with E-state index in [2.05, 4.69) is 20.9 Å². The molecule has 8 heteroatoms. The van der Waals surface area contributed by atoms with Gasteiger partial charge in [0.25, 0.3) is 10.0 Å². The average molecular weight is 309 g/mol. The molecule has 0 radical (unpaired) electrons. The third-order valence-corrected chi connectivity index (χ3v) is 3.60. The van der Waals surface area contributed by atoms with Crippen LogP contribution in [-0.2, 0) is 14.8 Å². The fourth-order valence-corrected chi connectivity index (χ4v) is 2.22. The van der Waals surface area contributed by atoms with Gasteiger partial charge in [0.2, 0.25) is 0 Å². The summed E-state index contributed by atoms with van der Waals surface area (Å²) in [5, 5.41) is 8.36. The van der Waals surface area contributed by atoms with Gasteiger partial charge in [-0.25, -0.2) is 13.4 Å². The lowest BCUT2D eigenvalue weighted by Crippen LogP contribution is -2.38. The van der Waals surface area contributed by atoms with Gasteiger partial charge in [0, 0.05) is 10.7 Å². The molecule has 1 aromatic rings. The van der Waals surface area contributed by atoms with Crippen LogP contribution < -0.4 is 4.72 Å². The molecule has 0 aliphatic rings. The zero-order chi connectivity index (χ0) is 12.3. The molecule has 0 aromatic carbocycles. The van der Waals surface area contributed by atoms with Gasteiger partial charge in [-0.15, -0.1) is 0 Å². The van der Waals surface area contributed by atoms with E-state index in [1.807, 2.05) is 4.72 Å². The van der Waals surface area contributed by atoms with E-state index >= 15 is 0 Å². The molecule has 0 amide bonds. The van der Waals surface area contributed by atoms with Crippen LogP contribution in [0.15, 0.2) is 27.8 Å². The van der Waals surface area contributed by atoms with Crippen molar-refractivity contribution in [3.05, 3.63) is 22.8 Å². The first-order valence-electron chi connectivity index (χ1n) is 4.19. The van der Waals surface area contributed by atoms with Crippen molar-refractivity contribution in [1.29, 1.82) is 0 Å². The maximum absolute atomic E-state index is 11.6. The van der Waals surface area contributed by atoms with Crippen molar-refractivity contribution < 1.29 is 18.3 Å². The number of nitrogens with zero attached hydrogens (tertiary/aromatic N) is 1. The zero-order valence-electron chi connectivity index (χ0n) is 8.21.